The van der Waals surface area contributed by atoms with E-state index in [2.05, 4.69) is 29.5 Å². The first kappa shape index (κ1) is 20.3. The van der Waals surface area contributed by atoms with Crippen molar-refractivity contribution >= 4 is 41.7 Å². The summed E-state index contributed by atoms with van der Waals surface area (Å²) in [5, 5.41) is 17.5. The Hall–Kier alpha value is 0.270. The Balaban J connectivity index is 0.00000242. The van der Waals surface area contributed by atoms with Crippen LogP contribution in [0.3, 0.4) is 0 Å². The first-order chi connectivity index (χ1) is 10.2. The highest BCUT2D eigenvalue weighted by molar-refractivity contribution is 14.0. The molecule has 2 rings (SSSR count). The number of ether oxygens (including phenoxy) is 1. The minimum Gasteiger partial charge on any atom is -0.387 e. The van der Waals surface area contributed by atoms with Gasteiger partial charge in [0.15, 0.2) is 5.96 Å². The minimum atomic E-state index is -0.618. The topological polar surface area (TPSA) is 65.9 Å². The highest BCUT2D eigenvalue weighted by Gasteiger charge is 2.45. The fourth-order valence-corrected chi connectivity index (χ4v) is 3.98. The lowest BCUT2D eigenvalue weighted by molar-refractivity contribution is -0.0154. The summed E-state index contributed by atoms with van der Waals surface area (Å²) in [6.45, 7) is 7.15. The zero-order chi connectivity index (χ0) is 15.1. The van der Waals surface area contributed by atoms with Crippen LogP contribution in [0.15, 0.2) is 4.99 Å². The molecule has 0 spiro atoms. The van der Waals surface area contributed by atoms with Crippen molar-refractivity contribution in [2.75, 3.05) is 32.0 Å². The van der Waals surface area contributed by atoms with Gasteiger partial charge >= 0.3 is 0 Å². The Labute approximate surface area is 155 Å². The molecule has 5 nitrogen and oxygen atoms in total. The van der Waals surface area contributed by atoms with Crippen LogP contribution in [0, 0.1) is 0 Å². The predicted molar refractivity (Wildman–Crippen MR) is 104 cm³/mol. The quantitative estimate of drug-likeness (QED) is 0.319. The first-order valence-corrected chi connectivity index (χ1v) is 9.20. The molecule has 3 unspecified atom stereocenters. The molecule has 1 aliphatic heterocycles. The highest BCUT2D eigenvalue weighted by Crippen LogP contribution is 2.41. The largest absolute Gasteiger partial charge is 0.387 e. The van der Waals surface area contributed by atoms with Crippen LogP contribution in [0.4, 0.5) is 0 Å². The number of halogens is 1. The van der Waals surface area contributed by atoms with Crippen LogP contribution in [-0.4, -0.2) is 60.0 Å². The molecule has 22 heavy (non-hydrogen) atoms. The molecular formula is C15H30IN3O2S. The monoisotopic (exact) mass is 443 g/mol. The lowest BCUT2D eigenvalue weighted by Crippen LogP contribution is -2.53. The normalized spacial score (nSPS) is 31.3. The second-order valence-corrected chi connectivity index (χ2v) is 7.28. The fraction of sp³-hybridized carbons (Fsp3) is 0.933. The van der Waals surface area contributed by atoms with Gasteiger partial charge in [0.25, 0.3) is 0 Å². The summed E-state index contributed by atoms with van der Waals surface area (Å²) in [6.07, 6.45) is 4.52. The molecule has 1 heterocycles. The van der Waals surface area contributed by atoms with E-state index in [1.165, 1.54) is 0 Å². The molecule has 3 atom stereocenters. The summed E-state index contributed by atoms with van der Waals surface area (Å²) in [7, 11) is 0. The van der Waals surface area contributed by atoms with Crippen LogP contribution in [0.2, 0.25) is 0 Å². The number of hydrogen-bond acceptors (Lipinski definition) is 4. The molecule has 130 valence electrons. The summed E-state index contributed by atoms with van der Waals surface area (Å²) in [5.41, 5.74) is -0.618. The first-order valence-electron chi connectivity index (χ1n) is 8.15. The van der Waals surface area contributed by atoms with E-state index >= 15 is 0 Å². The third-order valence-corrected chi connectivity index (χ3v) is 5.59. The van der Waals surface area contributed by atoms with Crippen molar-refractivity contribution in [2.45, 2.75) is 56.5 Å². The van der Waals surface area contributed by atoms with Gasteiger partial charge in [-0.1, -0.05) is 6.92 Å². The Bertz CT molecular complexity index is 354. The van der Waals surface area contributed by atoms with Crippen LogP contribution in [0.25, 0.3) is 0 Å². The van der Waals surface area contributed by atoms with Gasteiger partial charge in [0.05, 0.1) is 18.2 Å². The number of aliphatic imine (C=N–C) groups is 1. The molecule has 0 aromatic carbocycles. The summed E-state index contributed by atoms with van der Waals surface area (Å²) < 4.78 is 5.61. The maximum absolute atomic E-state index is 10.6. The van der Waals surface area contributed by atoms with Crippen LogP contribution < -0.4 is 10.6 Å². The van der Waals surface area contributed by atoms with Gasteiger partial charge in [0, 0.05) is 24.9 Å². The lowest BCUT2D eigenvalue weighted by Gasteiger charge is -2.44. The molecule has 0 aromatic heterocycles. The highest BCUT2D eigenvalue weighted by atomic mass is 127. The van der Waals surface area contributed by atoms with Crippen LogP contribution >= 0.6 is 35.7 Å². The van der Waals surface area contributed by atoms with Crippen molar-refractivity contribution in [1.29, 1.82) is 0 Å². The van der Waals surface area contributed by atoms with Crippen LogP contribution in [0.5, 0.6) is 0 Å². The van der Waals surface area contributed by atoms with E-state index < -0.39 is 5.60 Å². The SMILES string of the molecule is CCNC(=NCC1(O)CCC1SCC)NCC1CCCO1.I. The Kier molecular flexibility index (Phi) is 9.42. The maximum Gasteiger partial charge on any atom is 0.191 e. The van der Waals surface area contributed by atoms with Gasteiger partial charge in [-0.3, -0.25) is 4.99 Å². The Morgan fingerprint density at radius 3 is 2.73 bits per heavy atom. The van der Waals surface area contributed by atoms with Gasteiger partial charge in [-0.25, -0.2) is 0 Å². The Morgan fingerprint density at radius 1 is 1.36 bits per heavy atom. The number of aliphatic hydroxyl groups is 1. The van der Waals surface area contributed by atoms with E-state index in [4.69, 9.17) is 4.74 Å². The lowest BCUT2D eigenvalue weighted by atomic mass is 9.79. The van der Waals surface area contributed by atoms with Crippen molar-refractivity contribution in [2.24, 2.45) is 4.99 Å². The average molecular weight is 443 g/mol. The summed E-state index contributed by atoms with van der Waals surface area (Å²) in [5.74, 6) is 1.84. The number of nitrogens with one attached hydrogen (secondary N) is 2. The third kappa shape index (κ3) is 5.72. The molecule has 1 saturated carbocycles. The molecule has 0 amide bonds. The smallest absolute Gasteiger partial charge is 0.191 e. The van der Waals surface area contributed by atoms with Crippen LogP contribution in [0.1, 0.15) is 39.5 Å². The van der Waals surface area contributed by atoms with Crippen molar-refractivity contribution in [1.82, 2.24) is 10.6 Å². The molecule has 2 fully saturated rings. The second-order valence-electron chi connectivity index (χ2n) is 5.80. The van der Waals surface area contributed by atoms with Gasteiger partial charge in [-0.15, -0.1) is 24.0 Å². The molecule has 2 aliphatic rings. The average Bonchev–Trinajstić information content (AvgIpc) is 2.99. The zero-order valence-corrected chi connectivity index (χ0v) is 16.8. The third-order valence-electron chi connectivity index (χ3n) is 4.18. The number of rotatable bonds is 7. The number of hydrogen-bond donors (Lipinski definition) is 3. The van der Waals surface area contributed by atoms with Crippen molar-refractivity contribution < 1.29 is 9.84 Å². The number of nitrogens with zero attached hydrogens (tertiary/aromatic N) is 1. The zero-order valence-electron chi connectivity index (χ0n) is 13.6. The molecule has 3 N–H and O–H groups in total. The van der Waals surface area contributed by atoms with Crippen molar-refractivity contribution in [3.8, 4) is 0 Å². The molecule has 0 aromatic rings. The molecule has 0 radical (unpaired) electrons. The fourth-order valence-electron chi connectivity index (χ4n) is 2.79. The summed E-state index contributed by atoms with van der Waals surface area (Å²) in [6, 6.07) is 0. The predicted octanol–water partition coefficient (Wildman–Crippen LogP) is 1.99. The van der Waals surface area contributed by atoms with Gasteiger partial charge in [0.1, 0.15) is 0 Å². The van der Waals surface area contributed by atoms with Gasteiger partial charge < -0.3 is 20.5 Å². The van der Waals surface area contributed by atoms with E-state index in [-0.39, 0.29) is 24.0 Å². The summed E-state index contributed by atoms with van der Waals surface area (Å²) in [4.78, 5) is 4.58. The van der Waals surface area contributed by atoms with E-state index in [0.29, 0.717) is 17.9 Å². The maximum atomic E-state index is 10.6. The molecule has 1 aliphatic carbocycles. The number of guanidine groups is 1. The number of thioether (sulfide) groups is 1. The van der Waals surface area contributed by atoms with Gasteiger partial charge in [-0.05, 0) is 38.4 Å². The minimum absolute atomic E-state index is 0. The van der Waals surface area contributed by atoms with E-state index in [0.717, 1.165) is 57.1 Å². The van der Waals surface area contributed by atoms with Gasteiger partial charge in [-0.2, -0.15) is 11.8 Å². The Morgan fingerprint density at radius 2 is 2.18 bits per heavy atom. The van der Waals surface area contributed by atoms with E-state index in [9.17, 15) is 5.11 Å². The molecule has 0 bridgehead atoms. The van der Waals surface area contributed by atoms with Crippen molar-refractivity contribution in [3.63, 3.8) is 0 Å². The van der Waals surface area contributed by atoms with Gasteiger partial charge in [0.2, 0.25) is 0 Å². The second kappa shape index (κ2) is 10.2. The molecular weight excluding hydrogens is 413 g/mol. The van der Waals surface area contributed by atoms with E-state index in [1.807, 2.05) is 11.8 Å². The molecule has 1 saturated heterocycles. The van der Waals surface area contributed by atoms with E-state index in [1.54, 1.807) is 0 Å². The standard InChI is InChI=1S/C15H29N3O2S.HI/c1-3-16-14(17-10-12-6-5-9-20-12)18-11-15(19)8-7-13(15)21-4-2;/h12-13,19H,3-11H2,1-2H3,(H2,16,17,18);1H. The van der Waals surface area contributed by atoms with Crippen LogP contribution in [-0.2, 0) is 4.74 Å². The molecule has 7 heteroatoms. The van der Waals surface area contributed by atoms with Crippen molar-refractivity contribution in [3.05, 3.63) is 0 Å². The summed E-state index contributed by atoms with van der Waals surface area (Å²) >= 11 is 1.84.